The Labute approximate surface area is 174 Å². The SMILES string of the molecule is COc1ccc(NC(=O)CC[C@H]2CN(Cc3ccccc3)CC[C@H]2N(C)C)cc1. The van der Waals surface area contributed by atoms with Crippen LogP contribution in [-0.2, 0) is 11.3 Å². The third kappa shape index (κ3) is 6.31. The van der Waals surface area contributed by atoms with Crippen LogP contribution in [0.3, 0.4) is 0 Å². The van der Waals surface area contributed by atoms with E-state index in [4.69, 9.17) is 4.74 Å². The van der Waals surface area contributed by atoms with Crippen LogP contribution in [-0.4, -0.2) is 56.0 Å². The highest BCUT2D eigenvalue weighted by atomic mass is 16.5. The lowest BCUT2D eigenvalue weighted by Crippen LogP contribution is -2.48. The molecule has 1 heterocycles. The van der Waals surface area contributed by atoms with E-state index in [2.05, 4.69) is 59.5 Å². The first-order chi connectivity index (χ1) is 14.0. The molecule has 0 spiro atoms. The van der Waals surface area contributed by atoms with Gasteiger partial charge >= 0.3 is 0 Å². The Morgan fingerprint density at radius 1 is 1.14 bits per heavy atom. The van der Waals surface area contributed by atoms with Gasteiger partial charge in [-0.1, -0.05) is 30.3 Å². The maximum absolute atomic E-state index is 12.5. The number of hydrogen-bond donors (Lipinski definition) is 1. The van der Waals surface area contributed by atoms with Gasteiger partial charge in [0.2, 0.25) is 5.91 Å². The van der Waals surface area contributed by atoms with E-state index < -0.39 is 0 Å². The molecule has 0 radical (unpaired) electrons. The number of carbonyl (C=O) groups is 1. The lowest BCUT2D eigenvalue weighted by molar-refractivity contribution is -0.116. The van der Waals surface area contributed by atoms with Gasteiger partial charge in [0, 0.05) is 31.2 Å². The van der Waals surface area contributed by atoms with E-state index in [9.17, 15) is 4.79 Å². The van der Waals surface area contributed by atoms with Crippen LogP contribution in [0, 0.1) is 5.92 Å². The summed E-state index contributed by atoms with van der Waals surface area (Å²) in [4.78, 5) is 17.3. The van der Waals surface area contributed by atoms with Crippen LogP contribution < -0.4 is 10.1 Å². The van der Waals surface area contributed by atoms with Crippen molar-refractivity contribution in [2.45, 2.75) is 31.8 Å². The van der Waals surface area contributed by atoms with Crippen LogP contribution in [0.5, 0.6) is 5.75 Å². The monoisotopic (exact) mass is 395 g/mol. The van der Waals surface area contributed by atoms with E-state index in [0.29, 0.717) is 18.4 Å². The molecule has 5 nitrogen and oxygen atoms in total. The summed E-state index contributed by atoms with van der Waals surface area (Å²) in [5.41, 5.74) is 2.17. The number of amides is 1. The number of likely N-dealkylation sites (tertiary alicyclic amines) is 1. The summed E-state index contributed by atoms with van der Waals surface area (Å²) in [6.45, 7) is 3.12. The number of rotatable bonds is 8. The number of anilines is 1. The van der Waals surface area contributed by atoms with Crippen molar-refractivity contribution in [3.63, 3.8) is 0 Å². The Bertz CT molecular complexity index is 761. The maximum atomic E-state index is 12.5. The molecule has 0 unspecified atom stereocenters. The summed E-state index contributed by atoms with van der Waals surface area (Å²) in [6, 6.07) is 18.6. The fraction of sp³-hybridized carbons (Fsp3) is 0.458. The van der Waals surface area contributed by atoms with Gasteiger partial charge in [0.25, 0.3) is 0 Å². The highest BCUT2D eigenvalue weighted by Gasteiger charge is 2.30. The topological polar surface area (TPSA) is 44.8 Å². The molecule has 0 bridgehead atoms. The first kappa shape index (κ1) is 21.3. The number of nitrogens with one attached hydrogen (secondary N) is 1. The molecular formula is C24H33N3O2. The van der Waals surface area contributed by atoms with E-state index in [1.54, 1.807) is 7.11 Å². The van der Waals surface area contributed by atoms with Crippen molar-refractivity contribution in [1.82, 2.24) is 9.80 Å². The standard InChI is InChI=1S/C24H33N3O2/c1-26(2)23-15-16-27(17-19-7-5-4-6-8-19)18-20(23)9-14-24(28)25-21-10-12-22(29-3)13-11-21/h4-8,10-13,20,23H,9,14-18H2,1-3H3,(H,25,28)/t20-,23+/m0/s1. The number of carbonyl (C=O) groups excluding carboxylic acids is 1. The summed E-state index contributed by atoms with van der Waals surface area (Å²) in [7, 11) is 5.95. The van der Waals surface area contributed by atoms with Gasteiger partial charge in [-0.2, -0.15) is 0 Å². The van der Waals surface area contributed by atoms with Crippen molar-refractivity contribution in [3.05, 3.63) is 60.2 Å². The van der Waals surface area contributed by atoms with E-state index in [1.165, 1.54) is 5.56 Å². The second kappa shape index (κ2) is 10.4. The van der Waals surface area contributed by atoms with Crippen molar-refractivity contribution in [1.29, 1.82) is 0 Å². The molecule has 2 aromatic carbocycles. The predicted octanol–water partition coefficient (Wildman–Crippen LogP) is 3.87. The molecule has 1 amide bonds. The lowest BCUT2D eigenvalue weighted by Gasteiger charge is -2.41. The first-order valence-electron chi connectivity index (χ1n) is 10.4. The molecule has 3 rings (SSSR count). The van der Waals surface area contributed by atoms with E-state index in [0.717, 1.165) is 43.9 Å². The average Bonchev–Trinajstić information content (AvgIpc) is 2.73. The first-order valence-corrected chi connectivity index (χ1v) is 10.4. The number of nitrogens with zero attached hydrogens (tertiary/aromatic N) is 2. The summed E-state index contributed by atoms with van der Waals surface area (Å²) in [5, 5.41) is 3.01. The Morgan fingerprint density at radius 2 is 1.86 bits per heavy atom. The Morgan fingerprint density at radius 3 is 2.52 bits per heavy atom. The van der Waals surface area contributed by atoms with Crippen molar-refractivity contribution >= 4 is 11.6 Å². The van der Waals surface area contributed by atoms with E-state index in [1.807, 2.05) is 24.3 Å². The molecule has 1 aliphatic heterocycles. The van der Waals surface area contributed by atoms with Crippen LogP contribution in [0.4, 0.5) is 5.69 Å². The lowest BCUT2D eigenvalue weighted by atomic mass is 9.87. The fourth-order valence-corrected chi connectivity index (χ4v) is 4.26. The predicted molar refractivity (Wildman–Crippen MR) is 118 cm³/mol. The number of methoxy groups -OCH3 is 1. The smallest absolute Gasteiger partial charge is 0.224 e. The summed E-state index contributed by atoms with van der Waals surface area (Å²) in [5.74, 6) is 1.36. The normalized spacial score (nSPS) is 19.9. The average molecular weight is 396 g/mol. The quantitative estimate of drug-likeness (QED) is 0.737. The van der Waals surface area contributed by atoms with Crippen molar-refractivity contribution < 1.29 is 9.53 Å². The molecule has 5 heteroatoms. The van der Waals surface area contributed by atoms with Crippen LogP contribution in [0.1, 0.15) is 24.8 Å². The van der Waals surface area contributed by atoms with Gasteiger partial charge in [0.1, 0.15) is 5.75 Å². The van der Waals surface area contributed by atoms with Gasteiger partial charge < -0.3 is 15.0 Å². The highest BCUT2D eigenvalue weighted by molar-refractivity contribution is 5.90. The van der Waals surface area contributed by atoms with E-state index in [-0.39, 0.29) is 5.91 Å². The molecule has 29 heavy (non-hydrogen) atoms. The number of benzene rings is 2. The second-order valence-electron chi connectivity index (χ2n) is 8.12. The fourth-order valence-electron chi connectivity index (χ4n) is 4.26. The number of hydrogen-bond acceptors (Lipinski definition) is 4. The molecule has 1 saturated heterocycles. The second-order valence-corrected chi connectivity index (χ2v) is 8.12. The van der Waals surface area contributed by atoms with Gasteiger partial charge in [-0.15, -0.1) is 0 Å². The molecule has 0 aliphatic carbocycles. The van der Waals surface area contributed by atoms with Gasteiger partial charge in [-0.05, 0) is 69.2 Å². The minimum absolute atomic E-state index is 0.0767. The Kier molecular flexibility index (Phi) is 7.67. The van der Waals surface area contributed by atoms with Crippen LogP contribution >= 0.6 is 0 Å². The summed E-state index contributed by atoms with van der Waals surface area (Å²) < 4.78 is 5.17. The molecule has 0 aromatic heterocycles. The zero-order valence-corrected chi connectivity index (χ0v) is 17.8. The molecule has 2 atom stereocenters. The van der Waals surface area contributed by atoms with Gasteiger partial charge in [-0.3, -0.25) is 9.69 Å². The van der Waals surface area contributed by atoms with Crippen LogP contribution in [0.15, 0.2) is 54.6 Å². The third-order valence-corrected chi connectivity index (χ3v) is 5.81. The van der Waals surface area contributed by atoms with Crippen molar-refractivity contribution in [2.24, 2.45) is 5.92 Å². The number of piperidine rings is 1. The third-order valence-electron chi connectivity index (χ3n) is 5.81. The van der Waals surface area contributed by atoms with Crippen LogP contribution in [0.2, 0.25) is 0 Å². The Balaban J connectivity index is 1.54. The zero-order chi connectivity index (χ0) is 20.6. The van der Waals surface area contributed by atoms with Gasteiger partial charge in [0.15, 0.2) is 0 Å². The minimum Gasteiger partial charge on any atom is -0.497 e. The minimum atomic E-state index is 0.0767. The molecule has 1 aliphatic rings. The highest BCUT2D eigenvalue weighted by Crippen LogP contribution is 2.26. The molecule has 2 aromatic rings. The number of ether oxygens (including phenoxy) is 1. The molecular weight excluding hydrogens is 362 g/mol. The molecule has 0 saturated carbocycles. The molecule has 1 fully saturated rings. The van der Waals surface area contributed by atoms with Gasteiger partial charge in [0.05, 0.1) is 7.11 Å². The Hall–Kier alpha value is -2.37. The molecule has 1 N–H and O–H groups in total. The molecule has 156 valence electrons. The summed E-state index contributed by atoms with van der Waals surface area (Å²) >= 11 is 0. The maximum Gasteiger partial charge on any atom is 0.224 e. The van der Waals surface area contributed by atoms with Gasteiger partial charge in [-0.25, -0.2) is 0 Å². The van der Waals surface area contributed by atoms with Crippen molar-refractivity contribution in [3.8, 4) is 5.75 Å². The van der Waals surface area contributed by atoms with Crippen LogP contribution in [0.25, 0.3) is 0 Å². The zero-order valence-electron chi connectivity index (χ0n) is 17.8. The largest absolute Gasteiger partial charge is 0.497 e. The van der Waals surface area contributed by atoms with E-state index >= 15 is 0 Å². The van der Waals surface area contributed by atoms with Crippen molar-refractivity contribution in [2.75, 3.05) is 39.6 Å². The summed E-state index contributed by atoms with van der Waals surface area (Å²) in [6.07, 6.45) is 2.58.